The number of hydrogen-bond donors (Lipinski definition) is 1. The topological polar surface area (TPSA) is 65.4 Å². The Labute approximate surface area is 175 Å². The lowest BCUT2D eigenvalue weighted by atomic mass is 9.89. The van der Waals surface area contributed by atoms with Gasteiger partial charge in [-0.1, -0.05) is 6.92 Å². The Bertz CT molecular complexity index is 997. The number of anilines is 1. The maximum absolute atomic E-state index is 9.25. The molecule has 4 heterocycles. The van der Waals surface area contributed by atoms with Gasteiger partial charge in [0.05, 0.1) is 12.0 Å². The monoisotopic (exact) mass is 409 g/mol. The molecule has 7 heteroatoms. The summed E-state index contributed by atoms with van der Waals surface area (Å²) in [5.74, 6) is 2.60. The van der Waals surface area contributed by atoms with Crippen LogP contribution in [0.15, 0.2) is 24.5 Å². The fraction of sp³-hybridized carbons (Fsp3) is 0.500. The molecule has 0 unspecified atom stereocenters. The summed E-state index contributed by atoms with van der Waals surface area (Å²) in [4.78, 5) is 21.7. The number of aliphatic hydroxyl groups is 1. The lowest BCUT2D eigenvalue weighted by molar-refractivity contribution is 0.188. The third kappa shape index (κ3) is 3.63. The number of aliphatic hydroxyl groups excluding tert-OH is 1. The fourth-order valence-electron chi connectivity index (χ4n) is 4.50. The van der Waals surface area contributed by atoms with Crippen LogP contribution in [0.2, 0.25) is 0 Å². The molecule has 1 aliphatic heterocycles. The van der Waals surface area contributed by atoms with Crippen molar-refractivity contribution in [2.24, 2.45) is 5.92 Å². The van der Waals surface area contributed by atoms with Gasteiger partial charge >= 0.3 is 0 Å². The highest BCUT2D eigenvalue weighted by molar-refractivity contribution is 7.19. The van der Waals surface area contributed by atoms with Gasteiger partial charge in [0.2, 0.25) is 0 Å². The van der Waals surface area contributed by atoms with E-state index in [-0.39, 0.29) is 6.61 Å². The van der Waals surface area contributed by atoms with Gasteiger partial charge in [-0.15, -0.1) is 11.3 Å². The van der Waals surface area contributed by atoms with E-state index in [0.29, 0.717) is 0 Å². The van der Waals surface area contributed by atoms with E-state index in [2.05, 4.69) is 21.7 Å². The van der Waals surface area contributed by atoms with Gasteiger partial charge in [-0.3, -0.25) is 9.88 Å². The Balaban J connectivity index is 1.60. The average molecular weight is 410 g/mol. The molecule has 0 bridgehead atoms. The van der Waals surface area contributed by atoms with Gasteiger partial charge in [0.25, 0.3) is 0 Å². The van der Waals surface area contributed by atoms with Crippen LogP contribution in [0.3, 0.4) is 0 Å². The molecule has 0 radical (unpaired) electrons. The van der Waals surface area contributed by atoms with E-state index in [9.17, 15) is 5.11 Å². The molecule has 1 fully saturated rings. The molecule has 1 saturated heterocycles. The standard InChI is InChI=1S/C22H27N5OS/c1-15-4-5-17-18(13-15)29-22-19(17)21(27-9-7-26(8-10-27)11-12-28)24-20(25-22)16-3-2-6-23-14-16/h2-3,6,14-15,28H,4-5,7-13H2,1H3/t15-/m1/s1. The molecule has 0 saturated carbocycles. The molecule has 152 valence electrons. The number of fused-ring (bicyclic) bond motifs is 3. The summed E-state index contributed by atoms with van der Waals surface area (Å²) < 4.78 is 0. The number of piperazine rings is 1. The lowest BCUT2D eigenvalue weighted by Crippen LogP contribution is -2.47. The SMILES string of the molecule is C[C@@H]1CCc2c(sc3nc(-c4cccnc4)nc(N4CCN(CCO)CC4)c23)C1. The molecule has 6 nitrogen and oxygen atoms in total. The number of pyridine rings is 1. The number of thiophene rings is 1. The first-order valence-corrected chi connectivity index (χ1v) is 11.4. The predicted molar refractivity (Wildman–Crippen MR) is 118 cm³/mol. The van der Waals surface area contributed by atoms with Crippen LogP contribution < -0.4 is 4.90 Å². The minimum atomic E-state index is 0.221. The zero-order valence-electron chi connectivity index (χ0n) is 16.8. The summed E-state index contributed by atoms with van der Waals surface area (Å²) in [5, 5.41) is 10.5. The van der Waals surface area contributed by atoms with Crippen LogP contribution in [0, 0.1) is 5.92 Å². The van der Waals surface area contributed by atoms with Crippen LogP contribution in [0.1, 0.15) is 23.8 Å². The van der Waals surface area contributed by atoms with Crippen LogP contribution in [0.4, 0.5) is 5.82 Å². The van der Waals surface area contributed by atoms with Crippen molar-refractivity contribution in [1.82, 2.24) is 19.9 Å². The molecule has 0 amide bonds. The van der Waals surface area contributed by atoms with Crippen LogP contribution in [-0.4, -0.2) is 64.3 Å². The highest BCUT2D eigenvalue weighted by Gasteiger charge is 2.27. The summed E-state index contributed by atoms with van der Waals surface area (Å²) >= 11 is 1.86. The molecule has 3 aromatic rings. The number of rotatable bonds is 4. The van der Waals surface area contributed by atoms with E-state index in [1.807, 2.05) is 29.7 Å². The highest BCUT2D eigenvalue weighted by atomic mass is 32.1. The van der Waals surface area contributed by atoms with Crippen molar-refractivity contribution in [2.45, 2.75) is 26.2 Å². The van der Waals surface area contributed by atoms with E-state index >= 15 is 0 Å². The van der Waals surface area contributed by atoms with Crippen molar-refractivity contribution in [1.29, 1.82) is 0 Å². The Morgan fingerprint density at radius 3 is 2.83 bits per heavy atom. The molecule has 1 aliphatic carbocycles. The minimum absolute atomic E-state index is 0.221. The minimum Gasteiger partial charge on any atom is -0.395 e. The van der Waals surface area contributed by atoms with Crippen molar-refractivity contribution in [3.05, 3.63) is 35.0 Å². The smallest absolute Gasteiger partial charge is 0.164 e. The normalized spacial score (nSPS) is 20.2. The molecule has 29 heavy (non-hydrogen) atoms. The van der Waals surface area contributed by atoms with Crippen molar-refractivity contribution in [3.63, 3.8) is 0 Å². The van der Waals surface area contributed by atoms with Gasteiger partial charge in [-0.2, -0.15) is 0 Å². The zero-order valence-corrected chi connectivity index (χ0v) is 17.7. The molecule has 1 atom stereocenters. The van der Waals surface area contributed by atoms with Gasteiger partial charge in [0, 0.05) is 55.6 Å². The number of hydrogen-bond acceptors (Lipinski definition) is 7. The third-order valence-corrected chi connectivity index (χ3v) is 7.29. The lowest BCUT2D eigenvalue weighted by Gasteiger charge is -2.35. The maximum atomic E-state index is 9.25. The summed E-state index contributed by atoms with van der Waals surface area (Å²) in [6.45, 7) is 7.09. The molecular formula is C22H27N5OS. The van der Waals surface area contributed by atoms with Crippen LogP contribution in [0.25, 0.3) is 21.6 Å². The third-order valence-electron chi connectivity index (χ3n) is 6.14. The number of aryl methyl sites for hydroxylation is 1. The van der Waals surface area contributed by atoms with Gasteiger partial charge in [0.15, 0.2) is 5.82 Å². The van der Waals surface area contributed by atoms with Gasteiger partial charge in [-0.05, 0) is 42.9 Å². The largest absolute Gasteiger partial charge is 0.395 e. The van der Waals surface area contributed by atoms with E-state index in [4.69, 9.17) is 9.97 Å². The maximum Gasteiger partial charge on any atom is 0.164 e. The molecule has 2 aliphatic rings. The van der Waals surface area contributed by atoms with Crippen molar-refractivity contribution in [2.75, 3.05) is 44.2 Å². The Kier molecular flexibility index (Phi) is 5.20. The second-order valence-electron chi connectivity index (χ2n) is 8.20. The van der Waals surface area contributed by atoms with Crippen molar-refractivity contribution < 1.29 is 5.11 Å². The Hall–Kier alpha value is -2.09. The molecule has 5 rings (SSSR count). The number of aromatic nitrogens is 3. The van der Waals surface area contributed by atoms with Gasteiger partial charge in [0.1, 0.15) is 10.6 Å². The second kappa shape index (κ2) is 7.97. The summed E-state index contributed by atoms with van der Waals surface area (Å²) in [6.07, 6.45) is 7.16. The van der Waals surface area contributed by atoms with E-state index < -0.39 is 0 Å². The second-order valence-corrected chi connectivity index (χ2v) is 9.28. The summed E-state index contributed by atoms with van der Waals surface area (Å²) in [7, 11) is 0. The van der Waals surface area contributed by atoms with Crippen molar-refractivity contribution >= 4 is 27.4 Å². The predicted octanol–water partition coefficient (Wildman–Crippen LogP) is 2.99. The first-order valence-electron chi connectivity index (χ1n) is 10.5. The Morgan fingerprint density at radius 1 is 1.21 bits per heavy atom. The highest BCUT2D eigenvalue weighted by Crippen LogP contribution is 2.42. The molecular weight excluding hydrogens is 382 g/mol. The quantitative estimate of drug-likeness (QED) is 0.715. The molecule has 1 N–H and O–H groups in total. The number of β-amino-alcohol motifs (C(OH)–C–C–N with tert-alkyl or cyclic N) is 1. The Morgan fingerprint density at radius 2 is 2.07 bits per heavy atom. The molecule has 3 aromatic heterocycles. The molecule has 0 aromatic carbocycles. The average Bonchev–Trinajstić information content (AvgIpc) is 3.12. The summed E-state index contributed by atoms with van der Waals surface area (Å²) in [5.41, 5.74) is 2.45. The van der Waals surface area contributed by atoms with Crippen molar-refractivity contribution in [3.8, 4) is 11.4 Å². The van der Waals surface area contributed by atoms with Crippen LogP contribution in [-0.2, 0) is 12.8 Å². The zero-order chi connectivity index (χ0) is 19.8. The van der Waals surface area contributed by atoms with E-state index in [1.165, 1.54) is 22.2 Å². The summed E-state index contributed by atoms with van der Waals surface area (Å²) in [6, 6.07) is 3.98. The van der Waals surface area contributed by atoms with Gasteiger partial charge < -0.3 is 10.0 Å². The molecule has 0 spiro atoms. The first kappa shape index (κ1) is 18.9. The fourth-order valence-corrected chi connectivity index (χ4v) is 5.88. The van der Waals surface area contributed by atoms with E-state index in [0.717, 1.165) is 73.5 Å². The number of nitrogens with zero attached hydrogens (tertiary/aromatic N) is 5. The van der Waals surface area contributed by atoms with Gasteiger partial charge in [-0.25, -0.2) is 9.97 Å². The van der Waals surface area contributed by atoms with Crippen LogP contribution >= 0.6 is 11.3 Å². The first-order chi connectivity index (χ1) is 14.2. The van der Waals surface area contributed by atoms with Crippen LogP contribution in [0.5, 0.6) is 0 Å². The van der Waals surface area contributed by atoms with E-state index in [1.54, 1.807) is 6.20 Å².